The van der Waals surface area contributed by atoms with E-state index in [1.807, 2.05) is 6.92 Å². The Morgan fingerprint density at radius 3 is 2.74 bits per heavy atom. The highest BCUT2D eigenvalue weighted by atomic mass is 19.4. The molecule has 0 amide bonds. The first-order chi connectivity index (χ1) is 8.90. The third-order valence-electron chi connectivity index (χ3n) is 2.46. The molecule has 0 spiro atoms. The van der Waals surface area contributed by atoms with E-state index in [-0.39, 0.29) is 5.75 Å². The van der Waals surface area contributed by atoms with Crippen molar-refractivity contribution in [1.82, 2.24) is 5.32 Å². The van der Waals surface area contributed by atoms with Crippen LogP contribution >= 0.6 is 0 Å². The van der Waals surface area contributed by atoms with Gasteiger partial charge in [-0.05, 0) is 24.1 Å². The Kier molecular flexibility index (Phi) is 6.11. The smallest absolute Gasteiger partial charge is 0.406 e. The molecule has 19 heavy (non-hydrogen) atoms. The van der Waals surface area contributed by atoms with E-state index in [4.69, 9.17) is 0 Å². The molecule has 0 aliphatic heterocycles. The molecule has 1 atom stereocenters. The molecule has 0 fully saturated rings. The van der Waals surface area contributed by atoms with E-state index < -0.39 is 12.5 Å². The van der Waals surface area contributed by atoms with E-state index in [9.17, 15) is 18.3 Å². The molecule has 0 saturated carbocycles. The number of nitrogens with one attached hydrogen (secondary N) is 1. The summed E-state index contributed by atoms with van der Waals surface area (Å²) in [6, 6.07) is 5.78. The molecule has 0 aliphatic rings. The van der Waals surface area contributed by atoms with Crippen LogP contribution in [-0.2, 0) is 6.54 Å². The van der Waals surface area contributed by atoms with Gasteiger partial charge in [0.1, 0.15) is 5.75 Å². The first-order valence-electron chi connectivity index (χ1n) is 6.14. The lowest BCUT2D eigenvalue weighted by Crippen LogP contribution is -2.26. The van der Waals surface area contributed by atoms with Crippen LogP contribution in [0, 0.1) is 0 Å². The van der Waals surface area contributed by atoms with E-state index in [1.165, 1.54) is 18.2 Å². The maximum Gasteiger partial charge on any atom is 0.573 e. The number of hydrogen-bond donors (Lipinski definition) is 2. The summed E-state index contributed by atoms with van der Waals surface area (Å²) >= 11 is 0. The number of hydrogen-bond acceptors (Lipinski definition) is 3. The molecule has 0 radical (unpaired) electrons. The van der Waals surface area contributed by atoms with Crippen LogP contribution in [-0.4, -0.2) is 24.1 Å². The number of rotatable bonds is 7. The van der Waals surface area contributed by atoms with Gasteiger partial charge in [-0.1, -0.05) is 25.5 Å². The third kappa shape index (κ3) is 7.03. The molecule has 0 aliphatic carbocycles. The Bertz CT molecular complexity index is 382. The van der Waals surface area contributed by atoms with Gasteiger partial charge in [0.05, 0.1) is 6.10 Å². The molecule has 0 aromatic heterocycles. The van der Waals surface area contributed by atoms with Gasteiger partial charge in [-0.25, -0.2) is 0 Å². The second-order valence-corrected chi connectivity index (χ2v) is 4.27. The molecule has 1 unspecified atom stereocenters. The molecular formula is C13H18F3NO2. The van der Waals surface area contributed by atoms with Gasteiger partial charge in [-0.15, -0.1) is 13.2 Å². The van der Waals surface area contributed by atoms with E-state index in [0.29, 0.717) is 25.1 Å². The number of ether oxygens (including phenoxy) is 1. The number of aliphatic hydroxyl groups excluding tert-OH is 1. The minimum atomic E-state index is -4.68. The normalized spacial score (nSPS) is 13.3. The summed E-state index contributed by atoms with van der Waals surface area (Å²) in [7, 11) is 0. The van der Waals surface area contributed by atoms with Crippen molar-refractivity contribution in [2.24, 2.45) is 0 Å². The first kappa shape index (κ1) is 15.8. The van der Waals surface area contributed by atoms with Gasteiger partial charge in [0.25, 0.3) is 0 Å². The molecule has 2 N–H and O–H groups in total. The summed E-state index contributed by atoms with van der Waals surface area (Å²) in [5.41, 5.74) is 0.672. The number of benzene rings is 1. The second-order valence-electron chi connectivity index (χ2n) is 4.27. The zero-order chi connectivity index (χ0) is 14.3. The highest BCUT2D eigenvalue weighted by Crippen LogP contribution is 2.23. The van der Waals surface area contributed by atoms with Crippen LogP contribution in [0.4, 0.5) is 13.2 Å². The molecule has 1 aromatic rings. The Hall–Kier alpha value is -1.27. The fourth-order valence-electron chi connectivity index (χ4n) is 1.67. The van der Waals surface area contributed by atoms with Crippen molar-refractivity contribution in [3.63, 3.8) is 0 Å². The lowest BCUT2D eigenvalue weighted by molar-refractivity contribution is -0.274. The fourth-order valence-corrected chi connectivity index (χ4v) is 1.67. The minimum absolute atomic E-state index is 0.235. The summed E-state index contributed by atoms with van der Waals surface area (Å²) in [6.45, 7) is 2.77. The van der Waals surface area contributed by atoms with Crippen molar-refractivity contribution in [2.75, 3.05) is 6.54 Å². The van der Waals surface area contributed by atoms with Crippen LogP contribution < -0.4 is 10.1 Å². The molecular weight excluding hydrogens is 259 g/mol. The molecule has 3 nitrogen and oxygen atoms in total. The van der Waals surface area contributed by atoms with Gasteiger partial charge >= 0.3 is 6.36 Å². The van der Waals surface area contributed by atoms with Crippen molar-refractivity contribution in [2.45, 2.75) is 38.8 Å². The van der Waals surface area contributed by atoms with Gasteiger partial charge in [0.2, 0.25) is 0 Å². The summed E-state index contributed by atoms with van der Waals surface area (Å²) in [6.07, 6.45) is -3.52. The highest BCUT2D eigenvalue weighted by molar-refractivity contribution is 5.28. The first-order valence-corrected chi connectivity index (χ1v) is 6.14. The minimum Gasteiger partial charge on any atom is -0.406 e. The summed E-state index contributed by atoms with van der Waals surface area (Å²) in [5, 5.41) is 12.5. The molecule has 6 heteroatoms. The van der Waals surface area contributed by atoms with E-state index >= 15 is 0 Å². The van der Waals surface area contributed by atoms with Crippen LogP contribution in [0.1, 0.15) is 25.3 Å². The number of halogens is 3. The number of aliphatic hydroxyl groups is 1. The quantitative estimate of drug-likeness (QED) is 0.805. The monoisotopic (exact) mass is 277 g/mol. The van der Waals surface area contributed by atoms with E-state index in [0.717, 1.165) is 6.42 Å². The van der Waals surface area contributed by atoms with Crippen molar-refractivity contribution in [3.05, 3.63) is 29.8 Å². The van der Waals surface area contributed by atoms with Gasteiger partial charge in [0, 0.05) is 13.1 Å². The van der Waals surface area contributed by atoms with Gasteiger partial charge in [-0.2, -0.15) is 0 Å². The average molecular weight is 277 g/mol. The van der Waals surface area contributed by atoms with Crippen LogP contribution in [0.5, 0.6) is 5.75 Å². The summed E-state index contributed by atoms with van der Waals surface area (Å²) in [4.78, 5) is 0. The predicted octanol–water partition coefficient (Wildman–Crippen LogP) is 2.84. The Balaban J connectivity index is 2.44. The molecule has 1 rings (SSSR count). The zero-order valence-electron chi connectivity index (χ0n) is 10.7. The zero-order valence-corrected chi connectivity index (χ0v) is 10.7. The van der Waals surface area contributed by atoms with Gasteiger partial charge in [0.15, 0.2) is 0 Å². The van der Waals surface area contributed by atoms with Crippen LogP contribution in [0.2, 0.25) is 0 Å². The third-order valence-corrected chi connectivity index (χ3v) is 2.46. The summed E-state index contributed by atoms with van der Waals surface area (Å²) in [5.74, 6) is -0.235. The second kappa shape index (κ2) is 7.35. The highest BCUT2D eigenvalue weighted by Gasteiger charge is 2.31. The van der Waals surface area contributed by atoms with E-state index in [2.05, 4.69) is 10.1 Å². The number of alkyl halides is 3. The average Bonchev–Trinajstić information content (AvgIpc) is 2.27. The van der Waals surface area contributed by atoms with Crippen LogP contribution in [0.15, 0.2) is 24.3 Å². The van der Waals surface area contributed by atoms with E-state index in [1.54, 1.807) is 6.07 Å². The summed E-state index contributed by atoms with van der Waals surface area (Å²) < 4.78 is 40.0. The van der Waals surface area contributed by atoms with Crippen molar-refractivity contribution in [3.8, 4) is 5.75 Å². The van der Waals surface area contributed by atoms with Crippen molar-refractivity contribution < 1.29 is 23.0 Å². The maximum atomic E-state index is 12.0. The lowest BCUT2D eigenvalue weighted by atomic mass is 10.2. The van der Waals surface area contributed by atoms with Crippen molar-refractivity contribution >= 4 is 0 Å². The van der Waals surface area contributed by atoms with Crippen LogP contribution in [0.25, 0.3) is 0 Å². The maximum absolute atomic E-state index is 12.0. The van der Waals surface area contributed by atoms with Gasteiger partial charge in [-0.3, -0.25) is 0 Å². The fraction of sp³-hybridized carbons (Fsp3) is 0.538. The molecule has 0 bridgehead atoms. The molecule has 0 saturated heterocycles. The Morgan fingerprint density at radius 1 is 1.37 bits per heavy atom. The molecule has 108 valence electrons. The Morgan fingerprint density at radius 2 is 2.11 bits per heavy atom. The Labute approximate surface area is 110 Å². The standard InChI is InChI=1S/C13H18F3NO2/c1-2-4-11(18)9-17-8-10-5-3-6-12(7-10)19-13(14,15)16/h3,5-7,11,17-18H,2,4,8-9H2,1H3. The lowest BCUT2D eigenvalue weighted by Gasteiger charge is -2.12. The predicted molar refractivity (Wildman–Crippen MR) is 65.7 cm³/mol. The topological polar surface area (TPSA) is 41.5 Å². The largest absolute Gasteiger partial charge is 0.573 e. The SMILES string of the molecule is CCCC(O)CNCc1cccc(OC(F)(F)F)c1. The van der Waals surface area contributed by atoms with Gasteiger partial charge < -0.3 is 15.2 Å². The van der Waals surface area contributed by atoms with Crippen LogP contribution in [0.3, 0.4) is 0 Å². The molecule has 1 aromatic carbocycles. The molecule has 0 heterocycles. The van der Waals surface area contributed by atoms with Crippen molar-refractivity contribution in [1.29, 1.82) is 0 Å².